The van der Waals surface area contributed by atoms with Gasteiger partial charge in [-0.05, 0) is 25.1 Å². The minimum absolute atomic E-state index is 0.0432. The Balaban J connectivity index is 1.96. The van der Waals surface area contributed by atoms with E-state index in [0.717, 1.165) is 18.2 Å². The summed E-state index contributed by atoms with van der Waals surface area (Å²) in [6, 6.07) is 4.07. The van der Waals surface area contributed by atoms with E-state index in [9.17, 15) is 27.6 Å². The van der Waals surface area contributed by atoms with Crippen LogP contribution in [0.5, 0.6) is 0 Å². The summed E-state index contributed by atoms with van der Waals surface area (Å²) in [7, 11) is 0. The van der Waals surface area contributed by atoms with E-state index in [1.54, 1.807) is 0 Å². The van der Waals surface area contributed by atoms with Crippen molar-refractivity contribution in [2.24, 2.45) is 5.10 Å². The quantitative estimate of drug-likeness (QED) is 0.804. The van der Waals surface area contributed by atoms with Crippen molar-refractivity contribution in [3.8, 4) is 0 Å². The van der Waals surface area contributed by atoms with Crippen molar-refractivity contribution in [2.45, 2.75) is 32.0 Å². The van der Waals surface area contributed by atoms with Crippen LogP contribution in [-0.4, -0.2) is 29.6 Å². The van der Waals surface area contributed by atoms with Crippen molar-refractivity contribution in [1.82, 2.24) is 5.43 Å². The molecule has 25 heavy (non-hydrogen) atoms. The Morgan fingerprint density at radius 2 is 2.04 bits per heavy atom. The summed E-state index contributed by atoms with van der Waals surface area (Å²) in [5.74, 6) is -2.02. The highest BCUT2D eigenvalue weighted by Gasteiger charge is 2.31. The smallest absolute Gasteiger partial charge is 0.416 e. The molecule has 1 atom stereocenters. The van der Waals surface area contributed by atoms with Crippen LogP contribution in [0.4, 0.5) is 18.9 Å². The molecule has 1 aliphatic heterocycles. The van der Waals surface area contributed by atoms with Crippen LogP contribution >= 0.6 is 0 Å². The predicted molar refractivity (Wildman–Crippen MR) is 80.4 cm³/mol. The Hall–Kier alpha value is -2.91. The van der Waals surface area contributed by atoms with E-state index >= 15 is 0 Å². The molecule has 1 aromatic rings. The van der Waals surface area contributed by atoms with E-state index in [2.05, 4.69) is 15.8 Å². The third kappa shape index (κ3) is 5.03. The summed E-state index contributed by atoms with van der Waals surface area (Å²) in [6.45, 7) is 1.27. The first kappa shape index (κ1) is 18.4. The minimum Gasteiger partial charge on any atom is -0.448 e. The number of halogens is 3. The van der Waals surface area contributed by atoms with Crippen molar-refractivity contribution in [3.05, 3.63) is 29.8 Å². The molecule has 1 heterocycles. The molecule has 134 valence electrons. The second-order valence-electron chi connectivity index (χ2n) is 5.21. The number of nitrogens with zero attached hydrogens (tertiary/aromatic N) is 1. The van der Waals surface area contributed by atoms with Crippen LogP contribution in [0.1, 0.15) is 25.3 Å². The van der Waals surface area contributed by atoms with Gasteiger partial charge in [0.2, 0.25) is 5.91 Å². The predicted octanol–water partition coefficient (Wildman–Crippen LogP) is 1.84. The monoisotopic (exact) mass is 357 g/mol. The highest BCUT2D eigenvalue weighted by molar-refractivity contribution is 6.37. The summed E-state index contributed by atoms with van der Waals surface area (Å²) in [5.41, 5.74) is 1.08. The lowest BCUT2D eigenvalue weighted by molar-refractivity contribution is -0.146. The lowest BCUT2D eigenvalue weighted by Crippen LogP contribution is -2.35. The van der Waals surface area contributed by atoms with Crippen LogP contribution in [0.15, 0.2) is 29.4 Å². The van der Waals surface area contributed by atoms with Crippen LogP contribution in [0.3, 0.4) is 0 Å². The van der Waals surface area contributed by atoms with Gasteiger partial charge in [0, 0.05) is 18.5 Å². The molecular weight excluding hydrogens is 343 g/mol. The van der Waals surface area contributed by atoms with Crippen LogP contribution in [0.25, 0.3) is 0 Å². The van der Waals surface area contributed by atoms with Crippen LogP contribution < -0.4 is 10.7 Å². The molecule has 0 unspecified atom stereocenters. The van der Waals surface area contributed by atoms with Crippen LogP contribution in [-0.2, 0) is 25.3 Å². The Morgan fingerprint density at radius 3 is 2.64 bits per heavy atom. The summed E-state index contributed by atoms with van der Waals surface area (Å²) < 4.78 is 42.8. The van der Waals surface area contributed by atoms with E-state index in [0.29, 0.717) is 0 Å². The number of hydrogen-bond acceptors (Lipinski definition) is 5. The Morgan fingerprint density at radius 1 is 1.32 bits per heavy atom. The third-order valence-electron chi connectivity index (χ3n) is 3.25. The number of hydrogen-bond donors (Lipinski definition) is 2. The van der Waals surface area contributed by atoms with Gasteiger partial charge in [-0.1, -0.05) is 6.07 Å². The zero-order chi connectivity index (χ0) is 18.6. The van der Waals surface area contributed by atoms with Gasteiger partial charge in [0.15, 0.2) is 6.10 Å². The third-order valence-corrected chi connectivity index (χ3v) is 3.25. The Bertz CT molecular complexity index is 731. The molecule has 0 saturated heterocycles. The maximum atomic E-state index is 12.6. The topological polar surface area (TPSA) is 96.9 Å². The molecule has 0 fully saturated rings. The maximum absolute atomic E-state index is 12.6. The minimum atomic E-state index is -4.54. The molecule has 1 aromatic carbocycles. The molecule has 1 aliphatic rings. The average molecular weight is 357 g/mol. The Kier molecular flexibility index (Phi) is 5.40. The number of hydrazone groups is 1. The fraction of sp³-hybridized carbons (Fsp3) is 0.333. The molecule has 0 saturated carbocycles. The molecule has 10 heteroatoms. The number of carbonyl (C=O) groups is 3. The Labute approximate surface area is 140 Å². The van der Waals surface area contributed by atoms with Gasteiger partial charge in [0.1, 0.15) is 5.71 Å². The van der Waals surface area contributed by atoms with Gasteiger partial charge >= 0.3 is 12.1 Å². The number of rotatable bonds is 4. The lowest BCUT2D eigenvalue weighted by atomic mass is 10.2. The first-order chi connectivity index (χ1) is 11.7. The van der Waals surface area contributed by atoms with Gasteiger partial charge in [0.05, 0.1) is 5.56 Å². The molecule has 0 bridgehead atoms. The number of esters is 1. The molecule has 0 spiro atoms. The first-order valence-corrected chi connectivity index (χ1v) is 7.21. The first-order valence-electron chi connectivity index (χ1n) is 7.21. The normalized spacial score (nSPS) is 15.7. The van der Waals surface area contributed by atoms with Gasteiger partial charge in [-0.2, -0.15) is 18.3 Å². The summed E-state index contributed by atoms with van der Waals surface area (Å²) in [4.78, 5) is 34.7. The van der Waals surface area contributed by atoms with Crippen molar-refractivity contribution < 1.29 is 32.3 Å². The number of benzene rings is 1. The zero-order valence-electron chi connectivity index (χ0n) is 13.0. The number of ether oxygens (including phenoxy) is 1. The van der Waals surface area contributed by atoms with Crippen molar-refractivity contribution in [3.63, 3.8) is 0 Å². The summed E-state index contributed by atoms with van der Waals surface area (Å²) in [5, 5.41) is 5.78. The SMILES string of the molecule is C[C@@H](OC(=O)C1=NNC(=O)CC1)C(=O)Nc1cccc(C(F)(F)F)c1. The van der Waals surface area contributed by atoms with Gasteiger partial charge in [-0.15, -0.1) is 0 Å². The summed E-state index contributed by atoms with van der Waals surface area (Å²) in [6.07, 6.45) is -5.66. The average Bonchev–Trinajstić information content (AvgIpc) is 2.54. The van der Waals surface area contributed by atoms with E-state index in [1.165, 1.54) is 13.0 Å². The zero-order valence-corrected chi connectivity index (χ0v) is 13.0. The lowest BCUT2D eigenvalue weighted by Gasteiger charge is -2.16. The maximum Gasteiger partial charge on any atom is 0.416 e. The largest absolute Gasteiger partial charge is 0.448 e. The highest BCUT2D eigenvalue weighted by Crippen LogP contribution is 2.30. The van der Waals surface area contributed by atoms with E-state index in [-0.39, 0.29) is 30.1 Å². The molecule has 0 radical (unpaired) electrons. The fourth-order valence-corrected chi connectivity index (χ4v) is 1.92. The van der Waals surface area contributed by atoms with Gasteiger partial charge in [-0.25, -0.2) is 10.2 Å². The molecule has 2 N–H and O–H groups in total. The van der Waals surface area contributed by atoms with E-state index < -0.39 is 29.7 Å². The number of carbonyl (C=O) groups excluding carboxylic acids is 3. The van der Waals surface area contributed by atoms with E-state index in [4.69, 9.17) is 4.74 Å². The number of anilines is 1. The standard InChI is InChI=1S/C15H14F3N3O4/c1-8(25-14(24)11-5-6-12(22)21-20-11)13(23)19-10-4-2-3-9(7-10)15(16,17)18/h2-4,7-8H,5-6H2,1H3,(H,19,23)(H,21,22)/t8-/m1/s1. The molecule has 2 amide bonds. The van der Waals surface area contributed by atoms with Crippen LogP contribution in [0, 0.1) is 0 Å². The van der Waals surface area contributed by atoms with Crippen molar-refractivity contribution >= 4 is 29.2 Å². The number of amides is 2. The second kappa shape index (κ2) is 7.32. The van der Waals surface area contributed by atoms with Gasteiger partial charge in [-0.3, -0.25) is 9.59 Å². The number of alkyl halides is 3. The van der Waals surface area contributed by atoms with Crippen LogP contribution in [0.2, 0.25) is 0 Å². The second-order valence-corrected chi connectivity index (χ2v) is 5.21. The van der Waals surface area contributed by atoms with Crippen molar-refractivity contribution in [1.29, 1.82) is 0 Å². The molecular formula is C15H14F3N3O4. The molecule has 7 nitrogen and oxygen atoms in total. The van der Waals surface area contributed by atoms with Crippen molar-refractivity contribution in [2.75, 3.05) is 5.32 Å². The molecule has 0 aliphatic carbocycles. The molecule has 0 aromatic heterocycles. The summed E-state index contributed by atoms with van der Waals surface area (Å²) >= 11 is 0. The molecule has 2 rings (SSSR count). The van der Waals surface area contributed by atoms with E-state index in [1.807, 2.05) is 0 Å². The highest BCUT2D eigenvalue weighted by atomic mass is 19.4. The van der Waals surface area contributed by atoms with Gasteiger partial charge < -0.3 is 10.1 Å². The van der Waals surface area contributed by atoms with Gasteiger partial charge in [0.25, 0.3) is 5.91 Å². The fourth-order valence-electron chi connectivity index (χ4n) is 1.92. The number of nitrogens with one attached hydrogen (secondary N) is 2.